The fourth-order valence-electron chi connectivity index (χ4n) is 3.27. The van der Waals surface area contributed by atoms with E-state index in [1.54, 1.807) is 18.2 Å². The van der Waals surface area contributed by atoms with E-state index in [1.165, 1.54) is 0 Å². The molecule has 156 valence electrons. The number of nitrogens with one attached hydrogen (secondary N) is 1. The van der Waals surface area contributed by atoms with E-state index in [9.17, 15) is 15.0 Å². The maximum atomic E-state index is 12.0. The van der Waals surface area contributed by atoms with Crippen molar-refractivity contribution in [2.45, 2.75) is 44.6 Å². The predicted octanol–water partition coefficient (Wildman–Crippen LogP) is 3.84. The Morgan fingerprint density at radius 1 is 1.24 bits per heavy atom. The molecule has 0 aromatic heterocycles. The molecule has 1 saturated carbocycles. The maximum absolute atomic E-state index is 12.0. The molecule has 6 nitrogen and oxygen atoms in total. The van der Waals surface area contributed by atoms with E-state index in [0.717, 1.165) is 18.4 Å². The molecule has 0 aliphatic heterocycles. The first-order valence-corrected chi connectivity index (χ1v) is 10.1. The standard InChI is InChI=1S/C22H26ClNO5/c1-14-9-17(10-14)29-20-8-7-16(11-18(20)23)21(26)19(12-25)24-22(27)28-13-15-5-3-2-4-6-15/h2-8,11,14,17,19,21,25-26H,9-10,12-13H2,1H3,(H,24,27)/t14?,17?,19-,21-/m1/s1. The number of amides is 1. The number of aliphatic hydroxyl groups is 2. The first-order valence-electron chi connectivity index (χ1n) is 9.68. The number of carbonyl (C=O) groups is 1. The monoisotopic (exact) mass is 419 g/mol. The summed E-state index contributed by atoms with van der Waals surface area (Å²) in [7, 11) is 0. The molecule has 2 aromatic rings. The van der Waals surface area contributed by atoms with Gasteiger partial charge in [-0.05, 0) is 42.0 Å². The van der Waals surface area contributed by atoms with Gasteiger partial charge in [0.25, 0.3) is 0 Å². The van der Waals surface area contributed by atoms with Gasteiger partial charge in [0.15, 0.2) is 0 Å². The summed E-state index contributed by atoms with van der Waals surface area (Å²) in [6.07, 6.45) is 0.297. The average molecular weight is 420 g/mol. The third kappa shape index (κ3) is 5.85. The number of rotatable bonds is 8. The van der Waals surface area contributed by atoms with Gasteiger partial charge in [0.05, 0.1) is 23.8 Å². The Bertz CT molecular complexity index is 810. The molecule has 1 amide bonds. The second-order valence-corrected chi connectivity index (χ2v) is 7.85. The normalized spacial score (nSPS) is 20.3. The molecule has 0 saturated heterocycles. The van der Waals surface area contributed by atoms with Crippen LogP contribution in [0.1, 0.15) is 37.0 Å². The second kappa shape index (κ2) is 9.96. The summed E-state index contributed by atoms with van der Waals surface area (Å²) in [6.45, 7) is 1.81. The van der Waals surface area contributed by atoms with Gasteiger partial charge in [0.1, 0.15) is 18.5 Å². The van der Waals surface area contributed by atoms with Crippen LogP contribution in [0, 0.1) is 5.92 Å². The van der Waals surface area contributed by atoms with Gasteiger partial charge in [-0.15, -0.1) is 0 Å². The van der Waals surface area contributed by atoms with Gasteiger partial charge in [-0.3, -0.25) is 0 Å². The lowest BCUT2D eigenvalue weighted by Gasteiger charge is -2.33. The Hall–Kier alpha value is -2.28. The molecular formula is C22H26ClNO5. The van der Waals surface area contributed by atoms with Crippen LogP contribution >= 0.6 is 11.6 Å². The molecular weight excluding hydrogens is 394 g/mol. The van der Waals surface area contributed by atoms with E-state index < -0.39 is 24.8 Å². The lowest BCUT2D eigenvalue weighted by molar-refractivity contribution is 0.0724. The largest absolute Gasteiger partial charge is 0.489 e. The van der Waals surface area contributed by atoms with Crippen molar-refractivity contribution < 1.29 is 24.5 Å². The Kier molecular flexibility index (Phi) is 7.36. The molecule has 1 aliphatic rings. The van der Waals surface area contributed by atoms with Crippen LogP contribution in [0.25, 0.3) is 0 Å². The number of hydrogen-bond donors (Lipinski definition) is 3. The van der Waals surface area contributed by atoms with Gasteiger partial charge in [-0.2, -0.15) is 0 Å². The number of halogens is 1. The Labute approximate surface area is 175 Å². The van der Waals surface area contributed by atoms with Crippen molar-refractivity contribution in [1.29, 1.82) is 0 Å². The van der Waals surface area contributed by atoms with Gasteiger partial charge >= 0.3 is 6.09 Å². The number of carbonyl (C=O) groups excluding carboxylic acids is 1. The summed E-state index contributed by atoms with van der Waals surface area (Å²) >= 11 is 6.30. The highest BCUT2D eigenvalue weighted by molar-refractivity contribution is 6.32. The summed E-state index contributed by atoms with van der Waals surface area (Å²) in [4.78, 5) is 12.0. The lowest BCUT2D eigenvalue weighted by Crippen LogP contribution is -2.42. The minimum absolute atomic E-state index is 0.0958. The van der Waals surface area contributed by atoms with Gasteiger partial charge in [0.2, 0.25) is 0 Å². The number of alkyl carbamates (subject to hydrolysis) is 1. The van der Waals surface area contributed by atoms with Crippen LogP contribution in [-0.2, 0) is 11.3 Å². The van der Waals surface area contributed by atoms with Crippen LogP contribution in [0.2, 0.25) is 5.02 Å². The Morgan fingerprint density at radius 3 is 2.59 bits per heavy atom. The van der Waals surface area contributed by atoms with Gasteiger partial charge in [-0.1, -0.05) is 54.9 Å². The molecule has 0 heterocycles. The number of hydrogen-bond acceptors (Lipinski definition) is 5. The fourth-order valence-corrected chi connectivity index (χ4v) is 3.51. The van der Waals surface area contributed by atoms with Crippen LogP contribution in [0.3, 0.4) is 0 Å². The molecule has 1 aliphatic carbocycles. The zero-order chi connectivity index (χ0) is 20.8. The van der Waals surface area contributed by atoms with Gasteiger partial charge in [-0.25, -0.2) is 4.79 Å². The molecule has 3 rings (SSSR count). The first-order chi connectivity index (χ1) is 14.0. The van der Waals surface area contributed by atoms with Gasteiger partial charge < -0.3 is 25.0 Å². The third-order valence-electron chi connectivity index (χ3n) is 5.02. The molecule has 0 unspecified atom stereocenters. The minimum atomic E-state index is -1.15. The van der Waals surface area contributed by atoms with E-state index in [0.29, 0.717) is 22.3 Å². The van der Waals surface area contributed by atoms with E-state index in [2.05, 4.69) is 12.2 Å². The van der Waals surface area contributed by atoms with Crippen LogP contribution in [0.15, 0.2) is 48.5 Å². The second-order valence-electron chi connectivity index (χ2n) is 7.45. The molecule has 1 fully saturated rings. The van der Waals surface area contributed by atoms with E-state index in [1.807, 2.05) is 30.3 Å². The summed E-state index contributed by atoms with van der Waals surface area (Å²) in [6, 6.07) is 13.3. The Balaban J connectivity index is 1.55. The smallest absolute Gasteiger partial charge is 0.407 e. The molecule has 3 N–H and O–H groups in total. The molecule has 0 spiro atoms. The average Bonchev–Trinajstić information content (AvgIpc) is 2.71. The van der Waals surface area contributed by atoms with Crippen molar-refractivity contribution in [3.8, 4) is 5.75 Å². The van der Waals surface area contributed by atoms with E-state index >= 15 is 0 Å². The third-order valence-corrected chi connectivity index (χ3v) is 5.31. The van der Waals surface area contributed by atoms with Crippen LogP contribution in [-0.4, -0.2) is 35.1 Å². The van der Waals surface area contributed by atoms with Crippen molar-refractivity contribution in [2.24, 2.45) is 5.92 Å². The number of benzene rings is 2. The molecule has 0 bridgehead atoms. The highest BCUT2D eigenvalue weighted by Gasteiger charge is 2.28. The highest BCUT2D eigenvalue weighted by Crippen LogP contribution is 2.35. The predicted molar refractivity (Wildman–Crippen MR) is 110 cm³/mol. The number of ether oxygens (including phenoxy) is 2. The van der Waals surface area contributed by atoms with Gasteiger partial charge in [0, 0.05) is 0 Å². The highest BCUT2D eigenvalue weighted by atomic mass is 35.5. The minimum Gasteiger partial charge on any atom is -0.489 e. The Morgan fingerprint density at radius 2 is 1.97 bits per heavy atom. The topological polar surface area (TPSA) is 88.0 Å². The lowest BCUT2D eigenvalue weighted by atomic mass is 9.84. The summed E-state index contributed by atoms with van der Waals surface area (Å²) in [5.74, 6) is 1.23. The van der Waals surface area contributed by atoms with E-state index in [-0.39, 0.29) is 12.7 Å². The van der Waals surface area contributed by atoms with Crippen LogP contribution in [0.5, 0.6) is 5.75 Å². The number of aliphatic hydroxyl groups excluding tert-OH is 2. The van der Waals surface area contributed by atoms with Crippen molar-refractivity contribution in [3.05, 3.63) is 64.7 Å². The zero-order valence-corrected chi connectivity index (χ0v) is 17.0. The maximum Gasteiger partial charge on any atom is 0.407 e. The molecule has 0 radical (unpaired) electrons. The van der Waals surface area contributed by atoms with Crippen LogP contribution < -0.4 is 10.1 Å². The van der Waals surface area contributed by atoms with Crippen LogP contribution in [0.4, 0.5) is 4.79 Å². The summed E-state index contributed by atoms with van der Waals surface area (Å²) < 4.78 is 11.0. The van der Waals surface area contributed by atoms with Crippen molar-refractivity contribution in [2.75, 3.05) is 6.61 Å². The SMILES string of the molecule is CC1CC(Oc2ccc([C@@H](O)[C@@H](CO)NC(=O)OCc3ccccc3)cc2Cl)C1. The molecule has 2 atom stereocenters. The first kappa shape index (κ1) is 21.4. The summed E-state index contributed by atoms with van der Waals surface area (Å²) in [5.41, 5.74) is 1.30. The fraction of sp³-hybridized carbons (Fsp3) is 0.409. The molecule has 2 aromatic carbocycles. The quantitative estimate of drug-likeness (QED) is 0.605. The molecule has 29 heavy (non-hydrogen) atoms. The van der Waals surface area contributed by atoms with Crippen molar-refractivity contribution in [1.82, 2.24) is 5.32 Å². The van der Waals surface area contributed by atoms with Crippen molar-refractivity contribution in [3.63, 3.8) is 0 Å². The van der Waals surface area contributed by atoms with Crippen molar-refractivity contribution >= 4 is 17.7 Å². The van der Waals surface area contributed by atoms with E-state index in [4.69, 9.17) is 21.1 Å². The molecule has 7 heteroatoms. The summed E-state index contributed by atoms with van der Waals surface area (Å²) in [5, 5.41) is 23.1. The zero-order valence-electron chi connectivity index (χ0n) is 16.3.